The minimum absolute atomic E-state index is 0.130. The van der Waals surface area contributed by atoms with Crippen molar-refractivity contribution in [3.63, 3.8) is 0 Å². The molecule has 124 valence electrons. The number of nitrogens with two attached hydrogens (primary N) is 1. The summed E-state index contributed by atoms with van der Waals surface area (Å²) in [5.74, 6) is 1.07. The van der Waals surface area contributed by atoms with Crippen molar-refractivity contribution in [3.8, 4) is 11.5 Å². The van der Waals surface area contributed by atoms with Crippen molar-refractivity contribution in [2.75, 3.05) is 25.3 Å². The maximum Gasteiger partial charge on any atom is 0.238 e. The topological polar surface area (TPSA) is 99.4 Å². The Bertz CT molecular complexity index is 678. The van der Waals surface area contributed by atoms with E-state index in [1.54, 1.807) is 32.4 Å². The minimum Gasteiger partial charge on any atom is -0.497 e. The van der Waals surface area contributed by atoms with Crippen molar-refractivity contribution in [1.82, 2.24) is 10.2 Å². The van der Waals surface area contributed by atoms with Crippen LogP contribution in [-0.2, 0) is 4.79 Å². The molecule has 0 bridgehead atoms. The summed E-state index contributed by atoms with van der Waals surface area (Å²) in [6.07, 6.45) is 0.647. The van der Waals surface area contributed by atoms with Gasteiger partial charge in [-0.25, -0.2) is 0 Å². The molecule has 0 spiro atoms. The Morgan fingerprint density at radius 2 is 2.17 bits per heavy atom. The first kappa shape index (κ1) is 17.4. The molecule has 0 saturated heterocycles. The first-order valence-corrected chi connectivity index (χ1v) is 8.55. The van der Waals surface area contributed by atoms with Gasteiger partial charge in [-0.3, -0.25) is 4.79 Å². The Hall–Kier alpha value is -2.00. The summed E-state index contributed by atoms with van der Waals surface area (Å²) in [6.45, 7) is 1.94. The number of amides is 1. The molecule has 1 aromatic carbocycles. The number of hydrogen-bond acceptors (Lipinski definition) is 8. The molecule has 0 aliphatic rings. The lowest BCUT2D eigenvalue weighted by Crippen LogP contribution is -2.24. The molecule has 23 heavy (non-hydrogen) atoms. The van der Waals surface area contributed by atoms with Gasteiger partial charge < -0.3 is 20.5 Å². The smallest absolute Gasteiger partial charge is 0.238 e. The fourth-order valence-corrected chi connectivity index (χ4v) is 3.63. The van der Waals surface area contributed by atoms with Crippen LogP contribution in [0.4, 0.5) is 10.8 Å². The lowest BCUT2D eigenvalue weighted by Gasteiger charge is -2.15. The number of nitrogens with zero attached hydrogens (tertiary/aromatic N) is 2. The number of anilines is 2. The van der Waals surface area contributed by atoms with Crippen LogP contribution in [0.2, 0.25) is 0 Å². The van der Waals surface area contributed by atoms with Crippen molar-refractivity contribution in [1.29, 1.82) is 0 Å². The van der Waals surface area contributed by atoms with Gasteiger partial charge in [-0.05, 0) is 18.6 Å². The third kappa shape index (κ3) is 4.49. The van der Waals surface area contributed by atoms with E-state index in [0.717, 1.165) is 0 Å². The number of carbonyl (C=O) groups is 1. The molecule has 2 aromatic rings. The second-order valence-corrected chi connectivity index (χ2v) is 6.94. The lowest BCUT2D eigenvalue weighted by atomic mass is 10.2. The molecule has 7 nitrogen and oxygen atoms in total. The number of thioether (sulfide) groups is 1. The number of nitrogens with one attached hydrogen (secondary N) is 1. The zero-order chi connectivity index (χ0) is 16.8. The largest absolute Gasteiger partial charge is 0.497 e. The zero-order valence-electron chi connectivity index (χ0n) is 13.0. The number of hydrogen-bond donors (Lipinski definition) is 2. The van der Waals surface area contributed by atoms with Gasteiger partial charge in [-0.2, -0.15) is 0 Å². The van der Waals surface area contributed by atoms with E-state index in [2.05, 4.69) is 15.5 Å². The van der Waals surface area contributed by atoms with Crippen LogP contribution in [0.1, 0.15) is 13.3 Å². The van der Waals surface area contributed by atoms with Crippen molar-refractivity contribution in [2.45, 2.75) is 22.9 Å². The number of methoxy groups -OCH3 is 2. The molecule has 0 aliphatic carbocycles. The van der Waals surface area contributed by atoms with Crippen LogP contribution in [0, 0.1) is 0 Å². The van der Waals surface area contributed by atoms with E-state index in [1.165, 1.54) is 23.1 Å². The van der Waals surface area contributed by atoms with E-state index in [9.17, 15) is 4.79 Å². The fraction of sp³-hybridized carbons (Fsp3) is 0.357. The van der Waals surface area contributed by atoms with Crippen LogP contribution < -0.4 is 20.5 Å². The number of aromatic nitrogens is 2. The molecule has 1 unspecified atom stereocenters. The highest BCUT2D eigenvalue weighted by Gasteiger charge is 2.21. The van der Waals surface area contributed by atoms with Crippen LogP contribution in [0.3, 0.4) is 0 Å². The minimum atomic E-state index is -0.297. The van der Waals surface area contributed by atoms with Gasteiger partial charge in [0.15, 0.2) is 4.34 Å². The first-order valence-electron chi connectivity index (χ1n) is 6.85. The SMILES string of the molecule is CCC(Sc1nnc(N)s1)C(=O)Nc1ccc(OC)cc1OC. The van der Waals surface area contributed by atoms with Gasteiger partial charge in [-0.1, -0.05) is 30.0 Å². The molecule has 0 aliphatic heterocycles. The Kier molecular flexibility index (Phi) is 6.05. The average molecular weight is 354 g/mol. The second kappa shape index (κ2) is 8.02. The van der Waals surface area contributed by atoms with Crippen LogP contribution in [0.5, 0.6) is 11.5 Å². The van der Waals surface area contributed by atoms with Gasteiger partial charge in [0.25, 0.3) is 0 Å². The standard InChI is InChI=1S/C14H18N4O3S2/c1-4-11(22-14-18-17-13(15)23-14)12(19)16-9-6-5-8(20-2)7-10(9)21-3/h5-7,11H,4H2,1-3H3,(H2,15,17)(H,16,19). The number of nitrogen functional groups attached to an aromatic ring is 1. The Balaban J connectivity index is 2.09. The van der Waals surface area contributed by atoms with Gasteiger partial charge in [0.2, 0.25) is 11.0 Å². The fourth-order valence-electron chi connectivity index (χ4n) is 1.83. The normalized spacial score (nSPS) is 11.8. The van der Waals surface area contributed by atoms with Crippen molar-refractivity contribution in [3.05, 3.63) is 18.2 Å². The molecule has 9 heteroatoms. The highest BCUT2D eigenvalue weighted by atomic mass is 32.2. The molecule has 1 atom stereocenters. The van der Waals surface area contributed by atoms with Crippen LogP contribution in [0.25, 0.3) is 0 Å². The van der Waals surface area contributed by atoms with Crippen molar-refractivity contribution >= 4 is 39.8 Å². The molecule has 1 heterocycles. The molecule has 3 N–H and O–H groups in total. The summed E-state index contributed by atoms with van der Waals surface area (Å²) in [4.78, 5) is 12.5. The predicted molar refractivity (Wildman–Crippen MR) is 92.4 cm³/mol. The van der Waals surface area contributed by atoms with E-state index >= 15 is 0 Å². The maximum atomic E-state index is 12.5. The number of ether oxygens (including phenoxy) is 2. The average Bonchev–Trinajstić information content (AvgIpc) is 2.97. The van der Waals surface area contributed by atoms with E-state index in [-0.39, 0.29) is 11.2 Å². The van der Waals surface area contributed by atoms with E-state index in [4.69, 9.17) is 15.2 Å². The van der Waals surface area contributed by atoms with Gasteiger partial charge in [0.05, 0.1) is 25.2 Å². The van der Waals surface area contributed by atoms with E-state index in [1.807, 2.05) is 6.92 Å². The maximum absolute atomic E-state index is 12.5. The third-order valence-corrected chi connectivity index (χ3v) is 5.20. The lowest BCUT2D eigenvalue weighted by molar-refractivity contribution is -0.115. The first-order chi connectivity index (χ1) is 11.1. The zero-order valence-corrected chi connectivity index (χ0v) is 14.7. The van der Waals surface area contributed by atoms with Crippen LogP contribution >= 0.6 is 23.1 Å². The Labute approximate surface area is 142 Å². The molecule has 0 fully saturated rings. The number of benzene rings is 1. The van der Waals surface area contributed by atoms with Crippen molar-refractivity contribution < 1.29 is 14.3 Å². The number of rotatable bonds is 7. The van der Waals surface area contributed by atoms with E-state index in [0.29, 0.717) is 33.1 Å². The van der Waals surface area contributed by atoms with Gasteiger partial charge in [-0.15, -0.1) is 10.2 Å². The summed E-state index contributed by atoms with van der Waals surface area (Å²) >= 11 is 2.61. The summed E-state index contributed by atoms with van der Waals surface area (Å²) in [5, 5.41) is 10.7. The second-order valence-electron chi connectivity index (χ2n) is 4.48. The molecule has 1 aromatic heterocycles. The monoisotopic (exact) mass is 354 g/mol. The predicted octanol–water partition coefficient (Wildman–Crippen LogP) is 2.65. The summed E-state index contributed by atoms with van der Waals surface area (Å²) < 4.78 is 11.1. The number of carbonyl (C=O) groups excluding carboxylic acids is 1. The van der Waals surface area contributed by atoms with Gasteiger partial charge in [0.1, 0.15) is 11.5 Å². The quantitative estimate of drug-likeness (QED) is 0.737. The summed E-state index contributed by atoms with van der Waals surface area (Å²) in [7, 11) is 3.12. The molecule has 1 amide bonds. The van der Waals surface area contributed by atoms with Gasteiger partial charge >= 0.3 is 0 Å². The molecule has 0 radical (unpaired) electrons. The third-order valence-electron chi connectivity index (χ3n) is 2.99. The molecular weight excluding hydrogens is 336 g/mol. The summed E-state index contributed by atoms with van der Waals surface area (Å²) in [5.41, 5.74) is 6.16. The van der Waals surface area contributed by atoms with Gasteiger partial charge in [0, 0.05) is 6.07 Å². The van der Waals surface area contributed by atoms with Crippen LogP contribution in [0.15, 0.2) is 22.5 Å². The summed E-state index contributed by atoms with van der Waals surface area (Å²) in [6, 6.07) is 5.22. The highest BCUT2D eigenvalue weighted by molar-refractivity contribution is 8.02. The van der Waals surface area contributed by atoms with E-state index < -0.39 is 0 Å². The van der Waals surface area contributed by atoms with Crippen LogP contribution in [-0.4, -0.2) is 35.6 Å². The van der Waals surface area contributed by atoms with Crippen molar-refractivity contribution in [2.24, 2.45) is 0 Å². The highest BCUT2D eigenvalue weighted by Crippen LogP contribution is 2.32. The molecular formula is C14H18N4O3S2. The Morgan fingerprint density at radius 3 is 2.74 bits per heavy atom. The molecule has 2 rings (SSSR count). The molecule has 0 saturated carbocycles. The Morgan fingerprint density at radius 1 is 1.39 bits per heavy atom.